The Balaban J connectivity index is 1.98. The Morgan fingerprint density at radius 1 is 1.14 bits per heavy atom. The van der Waals surface area contributed by atoms with Gasteiger partial charge in [-0.25, -0.2) is 9.59 Å². The molecule has 0 saturated carbocycles. The molecule has 9 nitrogen and oxygen atoms in total. The Morgan fingerprint density at radius 2 is 1.82 bits per heavy atom. The number of carbonyl (C=O) groups is 1. The second-order valence-corrected chi connectivity index (χ2v) is 6.91. The van der Waals surface area contributed by atoms with E-state index in [1.807, 2.05) is 69.6 Å². The predicted octanol–water partition coefficient (Wildman–Crippen LogP) is 1.99. The van der Waals surface area contributed by atoms with Gasteiger partial charge in [-0.05, 0) is 50.6 Å². The topological polar surface area (TPSA) is 90.8 Å². The lowest BCUT2D eigenvalue weighted by Gasteiger charge is -2.23. The molecule has 28 heavy (non-hydrogen) atoms. The van der Waals surface area contributed by atoms with Crippen LogP contribution in [-0.2, 0) is 6.54 Å². The van der Waals surface area contributed by atoms with E-state index >= 15 is 0 Å². The Hall–Kier alpha value is -3.23. The third kappa shape index (κ3) is 3.47. The van der Waals surface area contributed by atoms with Crippen molar-refractivity contribution in [2.45, 2.75) is 47.2 Å². The minimum atomic E-state index is -0.602. The Labute approximate surface area is 163 Å². The molecule has 0 N–H and O–H groups in total. The smallest absolute Gasteiger partial charge is 0.321 e. The summed E-state index contributed by atoms with van der Waals surface area (Å²) in [6.45, 7) is 10.4. The number of rotatable bonds is 5. The second kappa shape index (κ2) is 7.79. The van der Waals surface area contributed by atoms with Crippen molar-refractivity contribution >= 4 is 6.03 Å². The first-order valence-electron chi connectivity index (χ1n) is 9.29. The molecule has 0 bridgehead atoms. The van der Waals surface area contributed by atoms with Crippen LogP contribution in [0.15, 0.2) is 35.1 Å². The molecule has 0 aliphatic heterocycles. The maximum atomic E-state index is 12.8. The van der Waals surface area contributed by atoms with Crippen LogP contribution < -0.4 is 5.69 Å². The van der Waals surface area contributed by atoms with Crippen molar-refractivity contribution in [1.82, 2.24) is 34.5 Å². The summed E-state index contributed by atoms with van der Waals surface area (Å²) in [6.07, 6.45) is 0. The number of amides is 1. The molecule has 1 amide bonds. The number of carbonyl (C=O) groups excluding carboxylic acids is 1. The van der Waals surface area contributed by atoms with Crippen molar-refractivity contribution in [3.8, 4) is 5.69 Å². The predicted molar refractivity (Wildman–Crippen MR) is 105 cm³/mol. The van der Waals surface area contributed by atoms with Crippen molar-refractivity contribution < 1.29 is 4.79 Å². The highest BCUT2D eigenvalue weighted by Gasteiger charge is 2.25. The van der Waals surface area contributed by atoms with Crippen LogP contribution >= 0.6 is 0 Å². The molecule has 2 heterocycles. The molecule has 9 heteroatoms. The molecule has 0 atom stereocenters. The number of nitrogens with zero attached hydrogens (tertiary/aromatic N) is 7. The van der Waals surface area contributed by atoms with E-state index < -0.39 is 11.7 Å². The standard InChI is InChI=1S/C19H25N7O2/c1-6-23(13(2)3)18(27)26-19(28)25(21-22-26)17-14(4)20-24(15(17)5)12-16-10-8-7-9-11-16/h7-11,13H,6,12H2,1-5H3. The number of tetrazole rings is 1. The Morgan fingerprint density at radius 3 is 2.43 bits per heavy atom. The average molecular weight is 383 g/mol. The van der Waals surface area contributed by atoms with Crippen molar-refractivity contribution in [2.75, 3.05) is 6.54 Å². The minimum absolute atomic E-state index is 0.0494. The molecule has 148 valence electrons. The van der Waals surface area contributed by atoms with E-state index in [1.165, 1.54) is 0 Å². The molecule has 0 spiro atoms. The summed E-state index contributed by atoms with van der Waals surface area (Å²) in [7, 11) is 0. The maximum Gasteiger partial charge on any atom is 0.377 e. The summed E-state index contributed by atoms with van der Waals surface area (Å²) < 4.78 is 3.77. The SMILES string of the molecule is CCN(C(=O)n1nnn(-c2c(C)nn(Cc3ccccc3)c2C)c1=O)C(C)C. The van der Waals surface area contributed by atoms with Crippen LogP contribution in [0.4, 0.5) is 4.79 Å². The van der Waals surface area contributed by atoms with E-state index in [0.29, 0.717) is 24.5 Å². The van der Waals surface area contributed by atoms with E-state index in [9.17, 15) is 9.59 Å². The highest BCUT2D eigenvalue weighted by Crippen LogP contribution is 2.17. The van der Waals surface area contributed by atoms with Crippen LogP contribution in [0.25, 0.3) is 5.69 Å². The zero-order chi connectivity index (χ0) is 20.4. The van der Waals surface area contributed by atoms with E-state index in [-0.39, 0.29) is 6.04 Å². The summed E-state index contributed by atoms with van der Waals surface area (Å²) >= 11 is 0. The second-order valence-electron chi connectivity index (χ2n) is 6.91. The van der Waals surface area contributed by atoms with Crippen molar-refractivity contribution in [2.24, 2.45) is 0 Å². The van der Waals surface area contributed by atoms with Gasteiger partial charge >= 0.3 is 11.7 Å². The van der Waals surface area contributed by atoms with Gasteiger partial charge < -0.3 is 4.90 Å². The highest BCUT2D eigenvalue weighted by molar-refractivity contribution is 5.75. The molecular weight excluding hydrogens is 358 g/mol. The normalized spacial score (nSPS) is 11.2. The molecule has 3 rings (SSSR count). The van der Waals surface area contributed by atoms with Crippen LogP contribution in [-0.4, -0.2) is 53.1 Å². The fourth-order valence-corrected chi connectivity index (χ4v) is 3.25. The van der Waals surface area contributed by atoms with Gasteiger partial charge in [-0.3, -0.25) is 4.68 Å². The van der Waals surface area contributed by atoms with E-state index in [1.54, 1.807) is 4.90 Å². The maximum absolute atomic E-state index is 12.8. The average Bonchev–Trinajstić information content (AvgIpc) is 3.15. The van der Waals surface area contributed by atoms with Gasteiger partial charge in [0.2, 0.25) is 0 Å². The lowest BCUT2D eigenvalue weighted by molar-refractivity contribution is 0.184. The molecule has 0 radical (unpaired) electrons. The number of aromatic nitrogens is 6. The van der Waals surface area contributed by atoms with Gasteiger partial charge in [-0.15, -0.1) is 4.68 Å². The lowest BCUT2D eigenvalue weighted by Crippen LogP contribution is -2.44. The van der Waals surface area contributed by atoms with Crippen LogP contribution in [0.5, 0.6) is 0 Å². The van der Waals surface area contributed by atoms with Crippen LogP contribution in [0.1, 0.15) is 37.7 Å². The molecule has 3 aromatic rings. The van der Waals surface area contributed by atoms with Gasteiger partial charge in [0.25, 0.3) is 0 Å². The Bertz CT molecular complexity index is 1030. The third-order valence-electron chi connectivity index (χ3n) is 4.70. The third-order valence-corrected chi connectivity index (χ3v) is 4.70. The number of benzene rings is 1. The van der Waals surface area contributed by atoms with E-state index in [0.717, 1.165) is 20.6 Å². The van der Waals surface area contributed by atoms with Crippen LogP contribution in [0.2, 0.25) is 0 Å². The number of hydrogen-bond donors (Lipinski definition) is 0. The van der Waals surface area contributed by atoms with Gasteiger partial charge in [0.15, 0.2) is 0 Å². The van der Waals surface area contributed by atoms with Crippen LogP contribution in [0, 0.1) is 13.8 Å². The molecule has 2 aromatic heterocycles. The van der Waals surface area contributed by atoms with Crippen molar-refractivity contribution in [3.63, 3.8) is 0 Å². The summed E-state index contributed by atoms with van der Waals surface area (Å²) in [5.41, 5.74) is 2.47. The quantitative estimate of drug-likeness (QED) is 0.629. The summed E-state index contributed by atoms with van der Waals surface area (Å²) in [5.74, 6) is 0. The molecule has 1 aromatic carbocycles. The largest absolute Gasteiger partial charge is 0.377 e. The minimum Gasteiger partial charge on any atom is -0.321 e. The fourth-order valence-electron chi connectivity index (χ4n) is 3.25. The number of hydrogen-bond acceptors (Lipinski definition) is 5. The molecule has 0 unspecified atom stereocenters. The summed E-state index contributed by atoms with van der Waals surface area (Å²) in [6, 6.07) is 9.40. The van der Waals surface area contributed by atoms with Gasteiger partial charge in [-0.2, -0.15) is 9.78 Å². The van der Waals surface area contributed by atoms with Gasteiger partial charge in [0.05, 0.1) is 17.9 Å². The molecule has 0 aliphatic rings. The zero-order valence-electron chi connectivity index (χ0n) is 16.8. The molecular formula is C19H25N7O2. The van der Waals surface area contributed by atoms with Crippen LogP contribution in [0.3, 0.4) is 0 Å². The zero-order valence-corrected chi connectivity index (χ0v) is 16.8. The summed E-state index contributed by atoms with van der Waals surface area (Å²) in [4.78, 5) is 27.0. The van der Waals surface area contributed by atoms with Crippen molar-refractivity contribution in [1.29, 1.82) is 0 Å². The lowest BCUT2D eigenvalue weighted by atomic mass is 10.2. The molecule has 0 fully saturated rings. The van der Waals surface area contributed by atoms with E-state index in [2.05, 4.69) is 15.5 Å². The highest BCUT2D eigenvalue weighted by atomic mass is 16.2. The van der Waals surface area contributed by atoms with Gasteiger partial charge in [0.1, 0.15) is 5.69 Å². The van der Waals surface area contributed by atoms with Crippen molar-refractivity contribution in [3.05, 3.63) is 57.8 Å². The van der Waals surface area contributed by atoms with Gasteiger partial charge in [0, 0.05) is 12.6 Å². The molecule has 0 saturated heterocycles. The van der Waals surface area contributed by atoms with E-state index in [4.69, 9.17) is 0 Å². The molecule has 0 aliphatic carbocycles. The number of aryl methyl sites for hydroxylation is 1. The monoisotopic (exact) mass is 383 g/mol. The first-order valence-corrected chi connectivity index (χ1v) is 9.29. The first kappa shape index (κ1) is 19.5. The Kier molecular flexibility index (Phi) is 5.43. The first-order chi connectivity index (χ1) is 13.3. The fraction of sp³-hybridized carbons (Fsp3) is 0.421. The summed E-state index contributed by atoms with van der Waals surface area (Å²) in [5, 5.41) is 12.3. The van der Waals surface area contributed by atoms with Gasteiger partial charge in [-0.1, -0.05) is 30.3 Å².